The largest absolute Gasteiger partial charge is 0.464 e. The zero-order chi connectivity index (χ0) is 20.4. The van der Waals surface area contributed by atoms with E-state index in [1.54, 1.807) is 45.0 Å². The minimum atomic E-state index is -4.04. The maximum atomic E-state index is 12.5. The molecule has 7 nitrogen and oxygen atoms in total. The van der Waals surface area contributed by atoms with Crippen molar-refractivity contribution >= 4 is 28.1 Å². The molecule has 0 bridgehead atoms. The van der Waals surface area contributed by atoms with E-state index in [2.05, 4.69) is 5.32 Å². The maximum Gasteiger partial charge on any atom is 0.329 e. The second-order valence-corrected chi connectivity index (χ2v) is 7.80. The molecule has 0 spiro atoms. The number of esters is 1. The van der Waals surface area contributed by atoms with Gasteiger partial charge in [0, 0.05) is 0 Å². The first kappa shape index (κ1) is 22.7. The predicted octanol–water partition coefficient (Wildman–Crippen LogP) is 3.04. The van der Waals surface area contributed by atoms with Gasteiger partial charge in [0.1, 0.15) is 6.04 Å². The van der Waals surface area contributed by atoms with E-state index in [9.17, 15) is 18.0 Å². The third-order valence-electron chi connectivity index (χ3n) is 4.09. The molecule has 0 saturated heterocycles. The highest BCUT2D eigenvalue weighted by Gasteiger charge is 2.29. The Hall–Kier alpha value is -2.35. The van der Waals surface area contributed by atoms with Crippen LogP contribution in [0.3, 0.4) is 0 Å². The molecule has 1 rings (SSSR count). The molecular weight excluding hydrogens is 368 g/mol. The molecule has 150 valence electrons. The summed E-state index contributed by atoms with van der Waals surface area (Å²) in [5, 5.41) is 2.42. The molecule has 27 heavy (non-hydrogen) atoms. The van der Waals surface area contributed by atoms with Gasteiger partial charge in [-0.1, -0.05) is 57.5 Å². The van der Waals surface area contributed by atoms with Crippen molar-refractivity contribution in [3.05, 3.63) is 40.8 Å². The van der Waals surface area contributed by atoms with Gasteiger partial charge >= 0.3 is 12.0 Å². The van der Waals surface area contributed by atoms with Crippen LogP contribution in [0.5, 0.6) is 0 Å². The quantitative estimate of drug-likeness (QED) is 0.625. The van der Waals surface area contributed by atoms with E-state index in [4.69, 9.17) is 4.74 Å². The maximum absolute atomic E-state index is 12.5. The van der Waals surface area contributed by atoms with Gasteiger partial charge in [-0.15, -0.1) is 0 Å². The zero-order valence-electron chi connectivity index (χ0n) is 16.2. The van der Waals surface area contributed by atoms with E-state index in [0.29, 0.717) is 12.0 Å². The van der Waals surface area contributed by atoms with E-state index < -0.39 is 28.1 Å². The number of benzene rings is 1. The van der Waals surface area contributed by atoms with E-state index in [-0.39, 0.29) is 23.9 Å². The summed E-state index contributed by atoms with van der Waals surface area (Å²) in [6.45, 7) is 7.17. The average molecular weight is 397 g/mol. The molecule has 0 aliphatic heterocycles. The first-order valence-corrected chi connectivity index (χ1v) is 10.5. The van der Waals surface area contributed by atoms with Crippen LogP contribution in [0.15, 0.2) is 35.2 Å². The fourth-order valence-electron chi connectivity index (χ4n) is 2.36. The number of urea groups is 1. The minimum Gasteiger partial charge on any atom is -0.464 e. The third kappa shape index (κ3) is 7.05. The Morgan fingerprint density at radius 2 is 1.78 bits per heavy atom. The van der Waals surface area contributed by atoms with E-state index in [1.165, 1.54) is 6.08 Å². The highest BCUT2D eigenvalue weighted by atomic mass is 32.2. The number of carbonyl (C=O) groups excluding carboxylic acids is 2. The summed E-state index contributed by atoms with van der Waals surface area (Å²) >= 11 is 0. The monoisotopic (exact) mass is 396 g/mol. The van der Waals surface area contributed by atoms with Gasteiger partial charge in [-0.05, 0) is 30.9 Å². The van der Waals surface area contributed by atoms with Gasteiger partial charge in [-0.3, -0.25) is 0 Å². The van der Waals surface area contributed by atoms with Crippen LogP contribution in [-0.2, 0) is 19.6 Å². The number of carbonyl (C=O) groups is 2. The number of rotatable bonds is 9. The molecule has 0 aliphatic carbocycles. The van der Waals surface area contributed by atoms with Crippen molar-refractivity contribution in [2.45, 2.75) is 46.6 Å². The summed E-state index contributed by atoms with van der Waals surface area (Å²) < 4.78 is 32.0. The SMILES string of the molecule is CCOC(=O)C(NC(=O)NS(=O)(=O)C(=Cc1ccccc1)CC)C(C)CC. The van der Waals surface area contributed by atoms with Crippen molar-refractivity contribution in [1.29, 1.82) is 0 Å². The molecule has 0 aromatic heterocycles. The molecular formula is C19H28N2O5S. The van der Waals surface area contributed by atoms with Crippen LogP contribution in [0.1, 0.15) is 46.1 Å². The summed E-state index contributed by atoms with van der Waals surface area (Å²) in [6, 6.07) is 7.07. The Balaban J connectivity index is 2.94. The van der Waals surface area contributed by atoms with Gasteiger partial charge in [0.2, 0.25) is 0 Å². The molecule has 0 fully saturated rings. The highest BCUT2D eigenvalue weighted by Crippen LogP contribution is 2.15. The topological polar surface area (TPSA) is 102 Å². The molecule has 0 saturated carbocycles. The number of sulfonamides is 1. The Morgan fingerprint density at radius 1 is 1.15 bits per heavy atom. The van der Waals surface area contributed by atoms with E-state index >= 15 is 0 Å². The summed E-state index contributed by atoms with van der Waals surface area (Å²) in [5.74, 6) is -0.794. The van der Waals surface area contributed by atoms with Crippen LogP contribution in [0.2, 0.25) is 0 Å². The van der Waals surface area contributed by atoms with Crippen LogP contribution in [-0.4, -0.2) is 33.1 Å². The lowest BCUT2D eigenvalue weighted by atomic mass is 9.99. The molecule has 1 aromatic rings. The van der Waals surface area contributed by atoms with E-state index in [1.807, 2.05) is 17.7 Å². The Labute approximate surface area is 161 Å². The second-order valence-electron chi connectivity index (χ2n) is 6.07. The number of hydrogen-bond donors (Lipinski definition) is 2. The lowest BCUT2D eigenvalue weighted by Crippen LogP contribution is -2.51. The first-order valence-electron chi connectivity index (χ1n) is 9.00. The number of allylic oxidation sites excluding steroid dienone is 1. The number of amides is 2. The first-order chi connectivity index (χ1) is 12.7. The number of ether oxygens (including phenoxy) is 1. The molecule has 1 aromatic carbocycles. The lowest BCUT2D eigenvalue weighted by Gasteiger charge is -2.22. The van der Waals surface area contributed by atoms with Crippen molar-refractivity contribution in [1.82, 2.24) is 10.0 Å². The van der Waals surface area contributed by atoms with Crippen molar-refractivity contribution in [3.63, 3.8) is 0 Å². The lowest BCUT2D eigenvalue weighted by molar-refractivity contribution is -0.146. The third-order valence-corrected chi connectivity index (χ3v) is 5.64. The molecule has 2 N–H and O–H groups in total. The fraction of sp³-hybridized carbons (Fsp3) is 0.474. The Bertz CT molecular complexity index is 760. The molecule has 0 radical (unpaired) electrons. The van der Waals surface area contributed by atoms with Gasteiger partial charge in [0.25, 0.3) is 10.0 Å². The van der Waals surface area contributed by atoms with Crippen LogP contribution in [0, 0.1) is 5.92 Å². The van der Waals surface area contributed by atoms with Crippen LogP contribution in [0.25, 0.3) is 6.08 Å². The van der Waals surface area contributed by atoms with Crippen LogP contribution >= 0.6 is 0 Å². The normalized spacial score (nSPS) is 14.1. The van der Waals surface area contributed by atoms with Crippen molar-refractivity contribution in [3.8, 4) is 0 Å². The summed E-state index contributed by atoms with van der Waals surface area (Å²) in [5.41, 5.74) is 0.712. The van der Waals surface area contributed by atoms with Gasteiger partial charge < -0.3 is 10.1 Å². The molecule has 0 aliphatic rings. The average Bonchev–Trinajstić information content (AvgIpc) is 2.64. The Kier molecular flexibility index (Phi) is 9.00. The van der Waals surface area contributed by atoms with E-state index in [0.717, 1.165) is 0 Å². The minimum absolute atomic E-state index is 0.0695. The van der Waals surface area contributed by atoms with Gasteiger partial charge in [-0.25, -0.2) is 22.7 Å². The Morgan fingerprint density at radius 3 is 2.30 bits per heavy atom. The fourth-order valence-corrected chi connectivity index (χ4v) is 3.47. The molecule has 2 atom stereocenters. The van der Waals surface area contributed by atoms with Crippen LogP contribution in [0.4, 0.5) is 4.79 Å². The summed E-state index contributed by atoms with van der Waals surface area (Å²) in [7, 11) is -4.04. The molecule has 2 amide bonds. The smallest absolute Gasteiger partial charge is 0.329 e. The number of hydrogen-bond acceptors (Lipinski definition) is 5. The van der Waals surface area contributed by atoms with Crippen molar-refractivity contribution < 1.29 is 22.7 Å². The predicted molar refractivity (Wildman–Crippen MR) is 105 cm³/mol. The molecule has 0 heterocycles. The van der Waals surface area contributed by atoms with Crippen molar-refractivity contribution in [2.24, 2.45) is 5.92 Å². The van der Waals surface area contributed by atoms with Gasteiger partial charge in [0.15, 0.2) is 0 Å². The van der Waals surface area contributed by atoms with Crippen molar-refractivity contribution in [2.75, 3.05) is 6.61 Å². The zero-order valence-corrected chi connectivity index (χ0v) is 17.0. The molecule has 8 heteroatoms. The second kappa shape index (κ2) is 10.7. The number of nitrogens with one attached hydrogen (secondary N) is 2. The van der Waals surface area contributed by atoms with Crippen LogP contribution < -0.4 is 10.0 Å². The standard InChI is InChI=1S/C19H28N2O5S/c1-5-14(4)17(18(22)26-7-3)20-19(23)21-27(24,25)16(6-2)13-15-11-9-8-10-12-15/h8-14,17H,5-7H2,1-4H3,(H2,20,21,23). The van der Waals surface area contributed by atoms with Gasteiger partial charge in [-0.2, -0.15) is 0 Å². The summed E-state index contributed by atoms with van der Waals surface area (Å²) in [6.07, 6.45) is 2.34. The van der Waals surface area contributed by atoms with Gasteiger partial charge in [0.05, 0.1) is 11.5 Å². The highest BCUT2D eigenvalue weighted by molar-refractivity contribution is 7.94. The molecule has 2 unspecified atom stereocenters. The summed E-state index contributed by atoms with van der Waals surface area (Å²) in [4.78, 5) is 24.4.